The van der Waals surface area contributed by atoms with Crippen molar-refractivity contribution >= 4 is 17.9 Å². The Morgan fingerprint density at radius 2 is 2.15 bits per heavy atom. The smallest absolute Gasteiger partial charge is 0.325 e. The normalized spacial score (nSPS) is 23.9. The Labute approximate surface area is 115 Å². The van der Waals surface area contributed by atoms with Crippen LogP contribution in [0, 0.1) is 0 Å². The molecule has 1 atom stereocenters. The quantitative estimate of drug-likeness (QED) is 0.631. The van der Waals surface area contributed by atoms with Gasteiger partial charge in [-0.25, -0.2) is 4.79 Å². The number of urea groups is 1. The molecular weight excluding hydrogens is 260 g/mol. The highest BCUT2D eigenvalue weighted by molar-refractivity contribution is 6.09. The summed E-state index contributed by atoms with van der Waals surface area (Å²) in [5, 5.41) is 2.74. The van der Waals surface area contributed by atoms with Crippen LogP contribution in [0.25, 0.3) is 0 Å². The zero-order chi connectivity index (χ0) is 14.3. The third-order valence-electron chi connectivity index (χ3n) is 3.94. The summed E-state index contributed by atoms with van der Waals surface area (Å²) < 4.78 is 4.52. The van der Waals surface area contributed by atoms with Gasteiger partial charge in [-0.1, -0.05) is 24.3 Å². The van der Waals surface area contributed by atoms with Crippen molar-refractivity contribution in [2.24, 2.45) is 0 Å². The van der Waals surface area contributed by atoms with Gasteiger partial charge in [0.15, 0.2) is 0 Å². The van der Waals surface area contributed by atoms with Crippen molar-refractivity contribution in [2.75, 3.05) is 13.7 Å². The van der Waals surface area contributed by atoms with Gasteiger partial charge in [0.05, 0.1) is 7.11 Å². The van der Waals surface area contributed by atoms with E-state index in [0.29, 0.717) is 6.42 Å². The minimum absolute atomic E-state index is 0.356. The lowest BCUT2D eigenvalue weighted by atomic mass is 9.92. The molecule has 3 amide bonds. The molecule has 1 N–H and O–H groups in total. The first-order valence-electron chi connectivity index (χ1n) is 6.38. The summed E-state index contributed by atoms with van der Waals surface area (Å²) >= 11 is 0. The summed E-state index contributed by atoms with van der Waals surface area (Å²) in [5.74, 6) is -0.991. The molecule has 0 saturated carbocycles. The zero-order valence-electron chi connectivity index (χ0n) is 11.0. The summed E-state index contributed by atoms with van der Waals surface area (Å²) in [6.07, 6.45) is 1.25. The summed E-state index contributed by atoms with van der Waals surface area (Å²) in [4.78, 5) is 36.8. The minimum atomic E-state index is -1.01. The van der Waals surface area contributed by atoms with Crippen molar-refractivity contribution in [3.63, 3.8) is 0 Å². The van der Waals surface area contributed by atoms with Crippen molar-refractivity contribution in [1.82, 2.24) is 10.2 Å². The number of imide groups is 1. The minimum Gasteiger partial charge on any atom is -0.468 e. The third-order valence-corrected chi connectivity index (χ3v) is 3.94. The number of carbonyl (C=O) groups is 3. The van der Waals surface area contributed by atoms with E-state index in [4.69, 9.17) is 0 Å². The predicted molar refractivity (Wildman–Crippen MR) is 68.7 cm³/mol. The fraction of sp³-hybridized carbons (Fsp3) is 0.357. The van der Waals surface area contributed by atoms with E-state index in [9.17, 15) is 14.4 Å². The second-order valence-electron chi connectivity index (χ2n) is 4.96. The van der Waals surface area contributed by atoms with Gasteiger partial charge in [0.25, 0.3) is 5.91 Å². The van der Waals surface area contributed by atoms with E-state index in [-0.39, 0.29) is 12.5 Å². The van der Waals surface area contributed by atoms with Gasteiger partial charge in [-0.2, -0.15) is 0 Å². The largest absolute Gasteiger partial charge is 0.468 e. The maximum Gasteiger partial charge on any atom is 0.325 e. The molecule has 0 aromatic heterocycles. The van der Waals surface area contributed by atoms with Crippen LogP contribution < -0.4 is 5.32 Å². The molecule has 6 heteroatoms. The maximum atomic E-state index is 12.6. The second-order valence-corrected chi connectivity index (χ2v) is 4.96. The zero-order valence-corrected chi connectivity index (χ0v) is 11.0. The fourth-order valence-corrected chi connectivity index (χ4v) is 2.93. The highest BCUT2D eigenvalue weighted by Crippen LogP contribution is 2.41. The SMILES string of the molecule is COC(=O)CN1C(=O)N[C@@]2(CCc3ccccc32)C1=O. The molecule has 1 fully saturated rings. The number of hydrogen-bond acceptors (Lipinski definition) is 4. The van der Waals surface area contributed by atoms with Crippen LogP contribution in [0.1, 0.15) is 17.5 Å². The van der Waals surface area contributed by atoms with Gasteiger partial charge in [-0.05, 0) is 24.0 Å². The van der Waals surface area contributed by atoms with Gasteiger partial charge in [-0.3, -0.25) is 14.5 Å². The molecule has 0 bridgehead atoms. The Hall–Kier alpha value is -2.37. The Kier molecular flexibility index (Phi) is 2.74. The Morgan fingerprint density at radius 3 is 2.90 bits per heavy atom. The van der Waals surface area contributed by atoms with Crippen LogP contribution >= 0.6 is 0 Å². The lowest BCUT2D eigenvalue weighted by Crippen LogP contribution is -2.42. The lowest BCUT2D eigenvalue weighted by molar-refractivity contribution is -0.145. The topological polar surface area (TPSA) is 75.7 Å². The van der Waals surface area contributed by atoms with Gasteiger partial charge < -0.3 is 10.1 Å². The average Bonchev–Trinajstić information content (AvgIpc) is 2.94. The Bertz CT molecular complexity index is 613. The van der Waals surface area contributed by atoms with Crippen LogP contribution in [0.2, 0.25) is 0 Å². The first kappa shape index (κ1) is 12.7. The second kappa shape index (κ2) is 4.33. The number of esters is 1. The number of methoxy groups -OCH3 is 1. The summed E-state index contributed by atoms with van der Waals surface area (Å²) in [7, 11) is 1.22. The lowest BCUT2D eigenvalue weighted by Gasteiger charge is -2.22. The number of ether oxygens (including phenoxy) is 1. The van der Waals surface area contributed by atoms with E-state index in [1.54, 1.807) is 0 Å². The van der Waals surface area contributed by atoms with Gasteiger partial charge >= 0.3 is 12.0 Å². The molecule has 104 valence electrons. The van der Waals surface area contributed by atoms with E-state index in [1.807, 2.05) is 24.3 Å². The molecule has 6 nitrogen and oxygen atoms in total. The van der Waals surface area contributed by atoms with Crippen LogP contribution in [0.3, 0.4) is 0 Å². The number of aryl methyl sites for hydroxylation is 1. The number of carbonyl (C=O) groups excluding carboxylic acids is 3. The molecule has 3 rings (SSSR count). The van der Waals surface area contributed by atoms with Crippen LogP contribution in [0.5, 0.6) is 0 Å². The number of fused-ring (bicyclic) bond motifs is 2. The van der Waals surface area contributed by atoms with Crippen LogP contribution in [0.15, 0.2) is 24.3 Å². The van der Waals surface area contributed by atoms with E-state index in [1.165, 1.54) is 7.11 Å². The molecule has 1 aromatic rings. The first-order chi connectivity index (χ1) is 9.58. The Balaban J connectivity index is 1.96. The number of amides is 3. The monoisotopic (exact) mass is 274 g/mol. The average molecular weight is 274 g/mol. The number of nitrogens with zero attached hydrogens (tertiary/aromatic N) is 1. The summed E-state index contributed by atoms with van der Waals surface area (Å²) in [5.41, 5.74) is 0.869. The van der Waals surface area contributed by atoms with E-state index in [2.05, 4.69) is 10.1 Å². The summed E-state index contributed by atoms with van der Waals surface area (Å²) in [6.45, 7) is -0.356. The van der Waals surface area contributed by atoms with E-state index < -0.39 is 17.5 Å². The molecule has 1 heterocycles. The Morgan fingerprint density at radius 1 is 1.40 bits per heavy atom. The van der Waals surface area contributed by atoms with E-state index in [0.717, 1.165) is 22.4 Å². The molecule has 1 saturated heterocycles. The molecule has 0 unspecified atom stereocenters. The number of nitrogens with one attached hydrogen (secondary N) is 1. The van der Waals surface area contributed by atoms with Crippen LogP contribution in [-0.2, 0) is 26.3 Å². The van der Waals surface area contributed by atoms with Gasteiger partial charge in [0, 0.05) is 0 Å². The molecule has 2 aliphatic rings. The van der Waals surface area contributed by atoms with Crippen molar-refractivity contribution in [3.8, 4) is 0 Å². The van der Waals surface area contributed by atoms with Gasteiger partial charge in [0.1, 0.15) is 12.1 Å². The van der Waals surface area contributed by atoms with Gasteiger partial charge in [0.2, 0.25) is 0 Å². The van der Waals surface area contributed by atoms with Crippen LogP contribution in [0.4, 0.5) is 4.79 Å². The standard InChI is InChI=1S/C14H14N2O4/c1-20-11(17)8-16-12(18)14(15-13(16)19)7-6-9-4-2-3-5-10(9)14/h2-5H,6-8H2,1H3,(H,15,19)/t14-/m1/s1. The van der Waals surface area contributed by atoms with Gasteiger partial charge in [-0.15, -0.1) is 0 Å². The third kappa shape index (κ3) is 1.61. The molecule has 20 heavy (non-hydrogen) atoms. The first-order valence-corrected chi connectivity index (χ1v) is 6.38. The number of benzene rings is 1. The highest BCUT2D eigenvalue weighted by atomic mass is 16.5. The highest BCUT2D eigenvalue weighted by Gasteiger charge is 2.55. The number of rotatable bonds is 2. The molecule has 1 aliphatic carbocycles. The summed E-state index contributed by atoms with van der Waals surface area (Å²) in [6, 6.07) is 7.01. The van der Waals surface area contributed by atoms with E-state index >= 15 is 0 Å². The molecular formula is C14H14N2O4. The maximum absolute atomic E-state index is 12.6. The fourth-order valence-electron chi connectivity index (χ4n) is 2.93. The number of hydrogen-bond donors (Lipinski definition) is 1. The van der Waals surface area contributed by atoms with Crippen molar-refractivity contribution in [3.05, 3.63) is 35.4 Å². The molecule has 1 aliphatic heterocycles. The molecule has 1 spiro atoms. The molecule has 1 aromatic carbocycles. The molecule has 0 radical (unpaired) electrons. The van der Waals surface area contributed by atoms with Crippen LogP contribution in [-0.4, -0.2) is 36.5 Å². The van der Waals surface area contributed by atoms with Crippen molar-refractivity contribution in [2.45, 2.75) is 18.4 Å². The van der Waals surface area contributed by atoms with Crippen molar-refractivity contribution < 1.29 is 19.1 Å². The predicted octanol–water partition coefficient (Wildman–Crippen LogP) is 0.553. The van der Waals surface area contributed by atoms with Crippen molar-refractivity contribution in [1.29, 1.82) is 0 Å².